The Morgan fingerprint density at radius 1 is 1.33 bits per heavy atom. The number of amides is 1. The Morgan fingerprint density at radius 3 is 2.71 bits per heavy atom. The first-order chi connectivity index (χ1) is 9.94. The molecule has 0 bridgehead atoms. The number of nitrogens with one attached hydrogen (secondary N) is 2. The third-order valence-electron chi connectivity index (χ3n) is 3.65. The summed E-state index contributed by atoms with van der Waals surface area (Å²) in [4.78, 5) is 12.0. The van der Waals surface area contributed by atoms with Gasteiger partial charge in [0.15, 0.2) is 0 Å². The maximum Gasteiger partial charge on any atom is 0.407 e. The minimum Gasteiger partial charge on any atom is -0.444 e. The van der Waals surface area contributed by atoms with Crippen molar-refractivity contribution in [2.75, 3.05) is 13.1 Å². The molecule has 1 saturated heterocycles. The SMILES string of the molecule is CC(C)(C)OC(=O)NC1CCNCC1Cc1ccccc1. The second-order valence-electron chi connectivity index (χ2n) is 6.70. The van der Waals surface area contributed by atoms with Crippen LogP contribution in [-0.4, -0.2) is 30.8 Å². The Hall–Kier alpha value is -1.55. The third-order valence-corrected chi connectivity index (χ3v) is 3.65. The fourth-order valence-electron chi connectivity index (χ4n) is 2.70. The molecule has 1 aromatic carbocycles. The Bertz CT molecular complexity index is 454. The molecule has 0 spiro atoms. The number of ether oxygens (including phenoxy) is 1. The standard InChI is InChI=1S/C17H26N2O2/c1-17(2,3)21-16(20)19-15-9-10-18-12-14(15)11-13-7-5-4-6-8-13/h4-8,14-15,18H,9-12H2,1-3H3,(H,19,20). The van der Waals surface area contributed by atoms with Crippen LogP contribution >= 0.6 is 0 Å². The van der Waals surface area contributed by atoms with E-state index in [2.05, 4.69) is 34.9 Å². The number of rotatable bonds is 3. The Balaban J connectivity index is 1.94. The van der Waals surface area contributed by atoms with E-state index in [-0.39, 0.29) is 12.1 Å². The van der Waals surface area contributed by atoms with Gasteiger partial charge in [-0.1, -0.05) is 30.3 Å². The Kier molecular flexibility index (Phi) is 5.23. The quantitative estimate of drug-likeness (QED) is 0.900. The molecule has 0 radical (unpaired) electrons. The summed E-state index contributed by atoms with van der Waals surface area (Å²) >= 11 is 0. The lowest BCUT2D eigenvalue weighted by atomic mass is 9.88. The summed E-state index contributed by atoms with van der Waals surface area (Å²) in [6.07, 6.45) is 1.60. The minimum atomic E-state index is -0.452. The van der Waals surface area contributed by atoms with Crippen molar-refractivity contribution in [3.8, 4) is 0 Å². The molecule has 4 heteroatoms. The van der Waals surface area contributed by atoms with E-state index in [0.717, 1.165) is 25.9 Å². The number of carbonyl (C=O) groups excluding carboxylic acids is 1. The Morgan fingerprint density at radius 2 is 2.05 bits per heavy atom. The summed E-state index contributed by atoms with van der Waals surface area (Å²) in [5.41, 5.74) is 0.855. The van der Waals surface area contributed by atoms with Crippen LogP contribution in [0.15, 0.2) is 30.3 Å². The lowest BCUT2D eigenvalue weighted by Crippen LogP contribution is -2.51. The number of piperidine rings is 1. The minimum absolute atomic E-state index is 0.168. The first kappa shape index (κ1) is 15.8. The van der Waals surface area contributed by atoms with Crippen molar-refractivity contribution in [2.24, 2.45) is 5.92 Å². The van der Waals surface area contributed by atoms with E-state index in [9.17, 15) is 4.79 Å². The van der Waals surface area contributed by atoms with E-state index < -0.39 is 5.60 Å². The number of alkyl carbamates (subject to hydrolysis) is 1. The predicted molar refractivity (Wildman–Crippen MR) is 84.3 cm³/mol. The van der Waals surface area contributed by atoms with Gasteiger partial charge in [0.2, 0.25) is 0 Å². The highest BCUT2D eigenvalue weighted by Gasteiger charge is 2.28. The molecular formula is C17H26N2O2. The largest absolute Gasteiger partial charge is 0.444 e. The highest BCUT2D eigenvalue weighted by atomic mass is 16.6. The van der Waals surface area contributed by atoms with Crippen LogP contribution in [0.5, 0.6) is 0 Å². The van der Waals surface area contributed by atoms with Gasteiger partial charge < -0.3 is 15.4 Å². The molecule has 1 aliphatic heterocycles. The van der Waals surface area contributed by atoms with Crippen molar-refractivity contribution in [1.29, 1.82) is 0 Å². The van der Waals surface area contributed by atoms with Crippen molar-refractivity contribution in [3.63, 3.8) is 0 Å². The van der Waals surface area contributed by atoms with E-state index in [1.54, 1.807) is 0 Å². The molecule has 4 nitrogen and oxygen atoms in total. The molecule has 2 N–H and O–H groups in total. The van der Waals surface area contributed by atoms with E-state index in [1.165, 1.54) is 5.56 Å². The first-order valence-electron chi connectivity index (χ1n) is 7.68. The lowest BCUT2D eigenvalue weighted by molar-refractivity contribution is 0.0473. The zero-order valence-electron chi connectivity index (χ0n) is 13.2. The molecule has 116 valence electrons. The van der Waals surface area contributed by atoms with Gasteiger partial charge in [0, 0.05) is 12.6 Å². The molecule has 2 atom stereocenters. The third kappa shape index (κ3) is 5.38. The maximum absolute atomic E-state index is 12.0. The summed E-state index contributed by atoms with van der Waals surface area (Å²) in [6.45, 7) is 7.52. The Labute approximate surface area is 127 Å². The first-order valence-corrected chi connectivity index (χ1v) is 7.68. The predicted octanol–water partition coefficient (Wildman–Crippen LogP) is 2.73. The van der Waals surface area contributed by atoms with E-state index >= 15 is 0 Å². The van der Waals surface area contributed by atoms with Crippen LogP contribution in [0.25, 0.3) is 0 Å². The summed E-state index contributed by atoms with van der Waals surface area (Å²) in [5.74, 6) is 0.397. The lowest BCUT2D eigenvalue weighted by Gasteiger charge is -2.33. The fraction of sp³-hybridized carbons (Fsp3) is 0.588. The van der Waals surface area contributed by atoms with Gasteiger partial charge in [0.05, 0.1) is 0 Å². The van der Waals surface area contributed by atoms with Crippen LogP contribution in [0.4, 0.5) is 4.79 Å². The monoisotopic (exact) mass is 290 g/mol. The number of hydrogen-bond donors (Lipinski definition) is 2. The number of benzene rings is 1. The van der Waals surface area contributed by atoms with Gasteiger partial charge in [-0.25, -0.2) is 4.79 Å². The average molecular weight is 290 g/mol. The average Bonchev–Trinajstić information content (AvgIpc) is 2.40. The van der Waals surface area contributed by atoms with Gasteiger partial charge in [-0.15, -0.1) is 0 Å². The molecule has 1 aliphatic rings. The molecule has 21 heavy (non-hydrogen) atoms. The summed E-state index contributed by atoms with van der Waals surface area (Å²) < 4.78 is 5.37. The fourth-order valence-corrected chi connectivity index (χ4v) is 2.70. The normalized spacial score (nSPS) is 22.6. The van der Waals surface area contributed by atoms with Gasteiger partial charge in [-0.2, -0.15) is 0 Å². The van der Waals surface area contributed by atoms with Crippen molar-refractivity contribution >= 4 is 6.09 Å². The van der Waals surface area contributed by atoms with Crippen LogP contribution in [-0.2, 0) is 11.2 Å². The zero-order valence-corrected chi connectivity index (χ0v) is 13.2. The highest BCUT2D eigenvalue weighted by molar-refractivity contribution is 5.68. The van der Waals surface area contributed by atoms with Crippen LogP contribution in [0.3, 0.4) is 0 Å². The van der Waals surface area contributed by atoms with Gasteiger partial charge in [-0.05, 0) is 51.6 Å². The smallest absolute Gasteiger partial charge is 0.407 e. The van der Waals surface area contributed by atoms with Crippen LogP contribution in [0.1, 0.15) is 32.8 Å². The van der Waals surface area contributed by atoms with Gasteiger partial charge in [-0.3, -0.25) is 0 Å². The van der Waals surface area contributed by atoms with Crippen molar-refractivity contribution in [2.45, 2.75) is 45.3 Å². The second kappa shape index (κ2) is 6.94. The molecule has 1 amide bonds. The number of hydrogen-bond acceptors (Lipinski definition) is 3. The van der Waals surface area contributed by atoms with Crippen molar-refractivity contribution in [3.05, 3.63) is 35.9 Å². The summed E-state index contributed by atoms with van der Waals surface area (Å²) in [6, 6.07) is 10.6. The van der Waals surface area contributed by atoms with Crippen molar-refractivity contribution in [1.82, 2.24) is 10.6 Å². The molecule has 2 unspecified atom stereocenters. The van der Waals surface area contributed by atoms with Crippen LogP contribution in [0, 0.1) is 5.92 Å². The summed E-state index contributed by atoms with van der Waals surface area (Å²) in [7, 11) is 0. The van der Waals surface area contributed by atoms with Gasteiger partial charge in [0.25, 0.3) is 0 Å². The van der Waals surface area contributed by atoms with Crippen LogP contribution < -0.4 is 10.6 Å². The van der Waals surface area contributed by atoms with E-state index in [1.807, 2.05) is 26.8 Å². The van der Waals surface area contributed by atoms with Crippen molar-refractivity contribution < 1.29 is 9.53 Å². The summed E-state index contributed by atoms with van der Waals surface area (Å²) in [5, 5.41) is 6.46. The van der Waals surface area contributed by atoms with E-state index in [4.69, 9.17) is 4.74 Å². The molecule has 1 fully saturated rings. The zero-order chi connectivity index (χ0) is 15.3. The second-order valence-corrected chi connectivity index (χ2v) is 6.70. The molecule has 0 aromatic heterocycles. The van der Waals surface area contributed by atoms with Crippen LogP contribution in [0.2, 0.25) is 0 Å². The molecule has 1 aromatic rings. The van der Waals surface area contributed by atoms with Gasteiger partial charge >= 0.3 is 6.09 Å². The molecular weight excluding hydrogens is 264 g/mol. The highest BCUT2D eigenvalue weighted by Crippen LogP contribution is 2.18. The molecule has 2 rings (SSSR count). The maximum atomic E-state index is 12.0. The molecule has 0 aliphatic carbocycles. The van der Waals surface area contributed by atoms with E-state index in [0.29, 0.717) is 5.92 Å². The molecule has 0 saturated carbocycles. The van der Waals surface area contributed by atoms with Gasteiger partial charge in [0.1, 0.15) is 5.60 Å². The topological polar surface area (TPSA) is 50.4 Å². The molecule has 1 heterocycles. The number of carbonyl (C=O) groups is 1.